The number of fused-ring (bicyclic) bond motifs is 1. The Balaban J connectivity index is 1.89. The fraction of sp³-hybridized carbons (Fsp3) is 0.158. The minimum Gasteiger partial charge on any atom is -0.383 e. The number of amides is 1. The summed E-state index contributed by atoms with van der Waals surface area (Å²) >= 11 is 4.88. The Morgan fingerprint density at radius 2 is 2.07 bits per heavy atom. The van der Waals surface area contributed by atoms with Gasteiger partial charge in [0.25, 0.3) is 11.6 Å². The van der Waals surface area contributed by atoms with Gasteiger partial charge in [0.05, 0.1) is 21.7 Å². The first-order valence-electron chi connectivity index (χ1n) is 8.27. The maximum Gasteiger partial charge on any atom is 0.272 e. The number of methoxy groups -OCH3 is 1. The highest BCUT2D eigenvalue weighted by atomic mass is 79.9. The van der Waals surface area contributed by atoms with Gasteiger partial charge in [-0.2, -0.15) is 4.99 Å². The summed E-state index contributed by atoms with van der Waals surface area (Å²) in [6.45, 7) is 1.08. The molecule has 0 atom stereocenters. The van der Waals surface area contributed by atoms with E-state index in [1.807, 2.05) is 22.8 Å². The molecule has 0 bridgehead atoms. The van der Waals surface area contributed by atoms with E-state index in [4.69, 9.17) is 4.74 Å². The highest BCUT2D eigenvalue weighted by Crippen LogP contribution is 2.22. The Bertz CT molecular complexity index is 1120. The molecule has 0 N–H and O–H groups in total. The summed E-state index contributed by atoms with van der Waals surface area (Å²) < 4.78 is 9.08. The lowest BCUT2D eigenvalue weighted by Gasteiger charge is -2.03. The molecule has 0 aliphatic heterocycles. The normalized spacial score (nSPS) is 12.1. The van der Waals surface area contributed by atoms with Crippen LogP contribution < -0.4 is 4.80 Å². The van der Waals surface area contributed by atoms with Crippen LogP contribution in [0, 0.1) is 10.1 Å². The van der Waals surface area contributed by atoms with Crippen LogP contribution in [0.15, 0.2) is 58.0 Å². The third kappa shape index (κ3) is 4.80. The lowest BCUT2D eigenvalue weighted by atomic mass is 10.2. The highest BCUT2D eigenvalue weighted by Gasteiger charge is 2.08. The molecule has 0 saturated carbocycles. The van der Waals surface area contributed by atoms with Gasteiger partial charge in [0.2, 0.25) is 0 Å². The van der Waals surface area contributed by atoms with Gasteiger partial charge >= 0.3 is 0 Å². The number of ether oxygens (including phenoxy) is 1. The number of hydrogen-bond acceptors (Lipinski definition) is 5. The summed E-state index contributed by atoms with van der Waals surface area (Å²) in [4.78, 5) is 27.3. The second-order valence-corrected chi connectivity index (χ2v) is 7.70. The number of benzene rings is 2. The zero-order chi connectivity index (χ0) is 20.1. The van der Waals surface area contributed by atoms with E-state index in [0.717, 1.165) is 14.7 Å². The van der Waals surface area contributed by atoms with Crippen molar-refractivity contribution in [1.82, 2.24) is 4.57 Å². The lowest BCUT2D eigenvalue weighted by molar-refractivity contribution is -0.384. The molecule has 0 unspecified atom stereocenters. The molecule has 1 amide bonds. The van der Waals surface area contributed by atoms with E-state index in [1.54, 1.807) is 25.3 Å². The van der Waals surface area contributed by atoms with Crippen LogP contribution >= 0.6 is 27.3 Å². The molecule has 9 heteroatoms. The molecule has 2 aromatic carbocycles. The number of non-ortho nitro benzene ring substituents is 1. The Morgan fingerprint density at radius 1 is 1.32 bits per heavy atom. The van der Waals surface area contributed by atoms with Gasteiger partial charge in [-0.05, 0) is 42.0 Å². The molecule has 0 radical (unpaired) electrons. The molecule has 28 heavy (non-hydrogen) atoms. The Morgan fingerprint density at radius 3 is 2.75 bits per heavy atom. The predicted octanol–water partition coefficient (Wildman–Crippen LogP) is 4.16. The summed E-state index contributed by atoms with van der Waals surface area (Å²) in [7, 11) is 1.63. The van der Waals surface area contributed by atoms with Crippen molar-refractivity contribution < 1.29 is 14.5 Å². The van der Waals surface area contributed by atoms with Gasteiger partial charge in [-0.3, -0.25) is 14.9 Å². The van der Waals surface area contributed by atoms with E-state index in [9.17, 15) is 14.9 Å². The smallest absolute Gasteiger partial charge is 0.272 e. The summed E-state index contributed by atoms with van der Waals surface area (Å²) in [6.07, 6.45) is 2.93. The maximum atomic E-state index is 12.3. The molecule has 3 aromatic rings. The van der Waals surface area contributed by atoms with Crippen molar-refractivity contribution in [1.29, 1.82) is 0 Å². The zero-order valence-electron chi connectivity index (χ0n) is 14.9. The number of nitro groups is 1. The molecular weight excluding hydrogens is 446 g/mol. The van der Waals surface area contributed by atoms with Crippen LogP contribution in [0.4, 0.5) is 5.69 Å². The lowest BCUT2D eigenvalue weighted by Crippen LogP contribution is -2.18. The van der Waals surface area contributed by atoms with Crippen molar-refractivity contribution in [2.75, 3.05) is 13.7 Å². The second-order valence-electron chi connectivity index (χ2n) is 5.77. The van der Waals surface area contributed by atoms with Crippen molar-refractivity contribution >= 4 is 55.2 Å². The SMILES string of the molecule is COCCn1c(=NC(=O)/C=C\c2ccc([N+](=O)[O-])cc2)sc2cc(Br)ccc21. The molecule has 1 aromatic heterocycles. The number of thiazole rings is 1. The number of nitrogens with zero attached hydrogens (tertiary/aromatic N) is 3. The monoisotopic (exact) mass is 461 g/mol. The number of carbonyl (C=O) groups excluding carboxylic acids is 1. The van der Waals surface area contributed by atoms with Gasteiger partial charge in [-0.15, -0.1) is 0 Å². The number of nitro benzene ring substituents is 1. The van der Waals surface area contributed by atoms with E-state index in [2.05, 4.69) is 20.9 Å². The second kappa shape index (κ2) is 9.05. The standard InChI is InChI=1S/C19H16BrN3O4S/c1-27-11-10-22-16-8-5-14(20)12-17(16)28-19(22)21-18(24)9-4-13-2-6-15(7-3-13)23(25)26/h2-9,12H,10-11H2,1H3/b9-4-,21-19?. The maximum absolute atomic E-state index is 12.3. The molecule has 144 valence electrons. The predicted molar refractivity (Wildman–Crippen MR) is 112 cm³/mol. The summed E-state index contributed by atoms with van der Waals surface area (Å²) in [6, 6.07) is 11.8. The van der Waals surface area contributed by atoms with Crippen LogP contribution in [0.2, 0.25) is 0 Å². The van der Waals surface area contributed by atoms with E-state index >= 15 is 0 Å². The van der Waals surface area contributed by atoms with Crippen molar-refractivity contribution in [2.45, 2.75) is 6.54 Å². The van der Waals surface area contributed by atoms with E-state index in [-0.39, 0.29) is 5.69 Å². The fourth-order valence-electron chi connectivity index (χ4n) is 2.54. The molecule has 0 aliphatic carbocycles. The largest absolute Gasteiger partial charge is 0.383 e. The Kier molecular flexibility index (Phi) is 6.50. The van der Waals surface area contributed by atoms with Crippen molar-refractivity contribution in [2.24, 2.45) is 4.99 Å². The number of carbonyl (C=O) groups is 1. The van der Waals surface area contributed by atoms with E-state index in [0.29, 0.717) is 23.5 Å². The molecule has 0 saturated heterocycles. The quantitative estimate of drug-likeness (QED) is 0.313. The average molecular weight is 462 g/mol. The Hall–Kier alpha value is -2.62. The van der Waals surface area contributed by atoms with Crippen LogP contribution in [0.1, 0.15) is 5.56 Å². The van der Waals surface area contributed by atoms with Crippen LogP contribution in [0.25, 0.3) is 16.3 Å². The van der Waals surface area contributed by atoms with Crippen LogP contribution in [0.5, 0.6) is 0 Å². The molecule has 7 nitrogen and oxygen atoms in total. The van der Waals surface area contributed by atoms with E-state index in [1.165, 1.54) is 29.5 Å². The fourth-order valence-corrected chi connectivity index (χ4v) is 4.15. The first-order chi connectivity index (χ1) is 13.5. The molecular formula is C19H16BrN3O4S. The number of halogens is 1. The number of rotatable bonds is 6. The van der Waals surface area contributed by atoms with Gasteiger partial charge in [-0.1, -0.05) is 27.3 Å². The van der Waals surface area contributed by atoms with Crippen molar-refractivity contribution in [3.05, 3.63) is 73.5 Å². The minimum atomic E-state index is -0.466. The van der Waals surface area contributed by atoms with Crippen LogP contribution in [-0.2, 0) is 16.1 Å². The van der Waals surface area contributed by atoms with Gasteiger partial charge < -0.3 is 9.30 Å². The zero-order valence-corrected chi connectivity index (χ0v) is 17.3. The summed E-state index contributed by atoms with van der Waals surface area (Å²) in [5, 5.41) is 10.7. The van der Waals surface area contributed by atoms with Gasteiger partial charge in [0.15, 0.2) is 4.80 Å². The van der Waals surface area contributed by atoms with Crippen LogP contribution in [-0.4, -0.2) is 29.1 Å². The summed E-state index contributed by atoms with van der Waals surface area (Å²) in [5.74, 6) is -0.407. The van der Waals surface area contributed by atoms with E-state index < -0.39 is 10.8 Å². The first-order valence-corrected chi connectivity index (χ1v) is 9.88. The minimum absolute atomic E-state index is 0.00350. The van der Waals surface area contributed by atoms with Gasteiger partial charge in [-0.25, -0.2) is 0 Å². The summed E-state index contributed by atoms with van der Waals surface area (Å²) in [5.41, 5.74) is 1.67. The molecule has 1 heterocycles. The highest BCUT2D eigenvalue weighted by molar-refractivity contribution is 9.10. The topological polar surface area (TPSA) is 86.7 Å². The molecule has 0 aliphatic rings. The van der Waals surface area contributed by atoms with Crippen molar-refractivity contribution in [3.63, 3.8) is 0 Å². The van der Waals surface area contributed by atoms with Crippen molar-refractivity contribution in [3.8, 4) is 0 Å². The molecule has 0 spiro atoms. The van der Waals surface area contributed by atoms with Gasteiger partial charge in [0.1, 0.15) is 0 Å². The number of hydrogen-bond donors (Lipinski definition) is 0. The number of aromatic nitrogens is 1. The molecule has 0 fully saturated rings. The van der Waals surface area contributed by atoms with Gasteiger partial charge in [0, 0.05) is 36.3 Å². The first kappa shape index (κ1) is 20.1. The average Bonchev–Trinajstić information content (AvgIpc) is 3.00. The Labute approximate surface area is 172 Å². The van der Waals surface area contributed by atoms with Crippen LogP contribution in [0.3, 0.4) is 0 Å². The third-order valence-electron chi connectivity index (χ3n) is 3.89. The molecule has 3 rings (SSSR count). The third-order valence-corrected chi connectivity index (χ3v) is 5.43.